The van der Waals surface area contributed by atoms with Crippen molar-refractivity contribution >= 4 is 29.2 Å². The van der Waals surface area contributed by atoms with Crippen LogP contribution in [0.3, 0.4) is 0 Å². The molecule has 3 rings (SSSR count). The molecule has 0 bridgehead atoms. The van der Waals surface area contributed by atoms with E-state index in [1.54, 1.807) is 43.3 Å². The van der Waals surface area contributed by atoms with Crippen molar-refractivity contribution < 1.29 is 19.0 Å². The highest BCUT2D eigenvalue weighted by atomic mass is 35.5. The maximum absolute atomic E-state index is 12.3. The Hall–Kier alpha value is -1.59. The third-order valence-electron chi connectivity index (χ3n) is 3.67. The van der Waals surface area contributed by atoms with Crippen molar-refractivity contribution in [3.63, 3.8) is 0 Å². The van der Waals surface area contributed by atoms with Gasteiger partial charge < -0.3 is 14.2 Å². The molecule has 3 atom stereocenters. The number of rotatable bonds is 4. The van der Waals surface area contributed by atoms with Gasteiger partial charge in [0, 0.05) is 15.6 Å². The minimum absolute atomic E-state index is 0.275. The highest BCUT2D eigenvalue weighted by Gasteiger charge is 2.43. The molecule has 0 radical (unpaired) electrons. The van der Waals surface area contributed by atoms with Crippen molar-refractivity contribution in [3.05, 3.63) is 69.7 Å². The van der Waals surface area contributed by atoms with Gasteiger partial charge in [0.05, 0.1) is 6.61 Å². The zero-order valence-corrected chi connectivity index (χ0v) is 14.5. The van der Waals surface area contributed by atoms with Crippen LogP contribution < -0.4 is 0 Å². The monoisotopic (exact) mass is 366 g/mol. The maximum atomic E-state index is 12.3. The van der Waals surface area contributed by atoms with Crippen LogP contribution in [-0.4, -0.2) is 18.7 Å². The van der Waals surface area contributed by atoms with E-state index < -0.39 is 24.5 Å². The van der Waals surface area contributed by atoms with Crippen LogP contribution in [0.25, 0.3) is 0 Å². The van der Waals surface area contributed by atoms with Crippen molar-refractivity contribution in [1.82, 2.24) is 0 Å². The number of ether oxygens (including phenoxy) is 3. The molecular formula is C18H16Cl2O4. The second-order valence-corrected chi connectivity index (χ2v) is 6.17. The zero-order chi connectivity index (χ0) is 17.1. The van der Waals surface area contributed by atoms with E-state index in [0.717, 1.165) is 11.1 Å². The minimum Gasteiger partial charge on any atom is -0.464 e. The van der Waals surface area contributed by atoms with Gasteiger partial charge in [-0.1, -0.05) is 47.5 Å². The number of esters is 1. The Labute approximate surface area is 150 Å². The third kappa shape index (κ3) is 3.73. The molecule has 0 saturated carbocycles. The average molecular weight is 367 g/mol. The number of carbonyl (C=O) groups excluding carboxylic acids is 1. The van der Waals surface area contributed by atoms with Crippen LogP contribution in [-0.2, 0) is 19.0 Å². The molecule has 1 saturated heterocycles. The Morgan fingerprint density at radius 1 is 0.958 bits per heavy atom. The number of halogens is 2. The van der Waals surface area contributed by atoms with Crippen LogP contribution in [0, 0.1) is 0 Å². The molecule has 0 amide bonds. The summed E-state index contributed by atoms with van der Waals surface area (Å²) in [4.78, 5) is 12.3. The minimum atomic E-state index is -0.841. The lowest BCUT2D eigenvalue weighted by Crippen LogP contribution is -2.28. The van der Waals surface area contributed by atoms with Gasteiger partial charge in [-0.05, 0) is 36.8 Å². The molecule has 1 aliphatic heterocycles. The second kappa shape index (κ2) is 7.53. The highest BCUT2D eigenvalue weighted by Crippen LogP contribution is 2.40. The maximum Gasteiger partial charge on any atom is 0.338 e. The first-order valence-corrected chi connectivity index (χ1v) is 8.32. The largest absolute Gasteiger partial charge is 0.464 e. The molecule has 126 valence electrons. The summed E-state index contributed by atoms with van der Waals surface area (Å²) in [6, 6.07) is 14.2. The van der Waals surface area contributed by atoms with Gasteiger partial charge in [0.15, 0.2) is 12.4 Å². The van der Waals surface area contributed by atoms with Gasteiger partial charge in [-0.25, -0.2) is 4.79 Å². The lowest BCUT2D eigenvalue weighted by Gasteiger charge is -2.15. The van der Waals surface area contributed by atoms with Gasteiger partial charge in [-0.2, -0.15) is 0 Å². The van der Waals surface area contributed by atoms with E-state index in [1.165, 1.54) is 0 Å². The Balaban J connectivity index is 1.87. The van der Waals surface area contributed by atoms with E-state index in [4.69, 9.17) is 37.4 Å². The summed E-state index contributed by atoms with van der Waals surface area (Å²) in [6.45, 7) is 2.03. The van der Waals surface area contributed by atoms with Crippen molar-refractivity contribution in [2.75, 3.05) is 6.61 Å². The Morgan fingerprint density at radius 3 is 2.04 bits per heavy atom. The second-order valence-electron chi connectivity index (χ2n) is 5.30. The Morgan fingerprint density at radius 2 is 1.50 bits per heavy atom. The van der Waals surface area contributed by atoms with E-state index in [2.05, 4.69) is 0 Å². The van der Waals surface area contributed by atoms with Crippen molar-refractivity contribution in [2.24, 2.45) is 0 Å². The van der Waals surface area contributed by atoms with Crippen LogP contribution in [0.15, 0.2) is 48.5 Å². The van der Waals surface area contributed by atoms with E-state index in [0.29, 0.717) is 10.0 Å². The average Bonchev–Trinajstić information content (AvgIpc) is 3.02. The third-order valence-corrected chi connectivity index (χ3v) is 4.18. The number of hydrogen-bond donors (Lipinski definition) is 0. The molecule has 6 heteroatoms. The van der Waals surface area contributed by atoms with E-state index in [-0.39, 0.29) is 6.61 Å². The van der Waals surface area contributed by atoms with Gasteiger partial charge >= 0.3 is 5.97 Å². The molecule has 1 aliphatic rings. The Kier molecular flexibility index (Phi) is 5.41. The normalized spacial score (nSPS) is 23.2. The molecule has 4 nitrogen and oxygen atoms in total. The molecule has 2 aromatic rings. The van der Waals surface area contributed by atoms with Gasteiger partial charge in [0.1, 0.15) is 6.10 Å². The van der Waals surface area contributed by atoms with Crippen LogP contribution in [0.2, 0.25) is 10.0 Å². The van der Waals surface area contributed by atoms with Crippen LogP contribution in [0.5, 0.6) is 0 Å². The lowest BCUT2D eigenvalue weighted by atomic mass is 10.0. The smallest absolute Gasteiger partial charge is 0.338 e. The summed E-state index contributed by atoms with van der Waals surface area (Å²) in [7, 11) is 0. The highest BCUT2D eigenvalue weighted by molar-refractivity contribution is 6.30. The quantitative estimate of drug-likeness (QED) is 0.734. The van der Waals surface area contributed by atoms with Crippen LogP contribution in [0.4, 0.5) is 0 Å². The molecular weight excluding hydrogens is 351 g/mol. The van der Waals surface area contributed by atoms with Gasteiger partial charge in [-0.3, -0.25) is 0 Å². The van der Waals surface area contributed by atoms with E-state index >= 15 is 0 Å². The number of carbonyl (C=O) groups is 1. The zero-order valence-electron chi connectivity index (χ0n) is 12.9. The summed E-state index contributed by atoms with van der Waals surface area (Å²) >= 11 is 11.8. The number of hydrogen-bond acceptors (Lipinski definition) is 4. The van der Waals surface area contributed by atoms with Crippen LogP contribution in [0.1, 0.15) is 30.4 Å². The fraction of sp³-hybridized carbons (Fsp3) is 0.278. The summed E-state index contributed by atoms with van der Waals surface area (Å²) in [5.74, 6) is -0.450. The van der Waals surface area contributed by atoms with E-state index in [1.807, 2.05) is 12.1 Å². The standard InChI is InChI=1S/C18H16Cl2O4/c1-2-22-17(21)16-15(11-3-7-13(19)8-4-11)23-18(24-16)12-5-9-14(20)10-6-12/h3-10,15-16,18H,2H2,1H3/t15-,16-,18-/m1/s1. The van der Waals surface area contributed by atoms with Crippen molar-refractivity contribution in [3.8, 4) is 0 Å². The molecule has 0 spiro atoms. The molecule has 0 aromatic heterocycles. The van der Waals surface area contributed by atoms with Gasteiger partial charge in [0.25, 0.3) is 0 Å². The number of benzene rings is 2. The summed E-state index contributed by atoms with van der Waals surface area (Å²) in [5, 5.41) is 1.23. The van der Waals surface area contributed by atoms with Gasteiger partial charge in [-0.15, -0.1) is 0 Å². The van der Waals surface area contributed by atoms with Crippen LogP contribution >= 0.6 is 23.2 Å². The topological polar surface area (TPSA) is 44.8 Å². The fourth-order valence-corrected chi connectivity index (χ4v) is 2.78. The SMILES string of the molecule is CCOC(=O)[C@@H]1O[C@H](c2ccc(Cl)cc2)O[C@@H]1c1ccc(Cl)cc1. The van der Waals surface area contributed by atoms with Gasteiger partial charge in [0.2, 0.25) is 0 Å². The van der Waals surface area contributed by atoms with Crippen molar-refractivity contribution in [1.29, 1.82) is 0 Å². The summed E-state index contributed by atoms with van der Waals surface area (Å²) < 4.78 is 16.9. The molecule has 2 aromatic carbocycles. The fourth-order valence-electron chi connectivity index (χ4n) is 2.53. The van der Waals surface area contributed by atoms with Crippen molar-refractivity contribution in [2.45, 2.75) is 25.4 Å². The first kappa shape index (κ1) is 17.2. The molecule has 0 unspecified atom stereocenters. The molecule has 1 fully saturated rings. The molecule has 0 aliphatic carbocycles. The summed E-state index contributed by atoms with van der Waals surface area (Å²) in [5.41, 5.74) is 1.58. The molecule has 0 N–H and O–H groups in total. The summed E-state index contributed by atoms with van der Waals surface area (Å²) in [6.07, 6.45) is -2.08. The predicted molar refractivity (Wildman–Crippen MR) is 91.0 cm³/mol. The Bertz CT molecular complexity index is 700. The lowest BCUT2D eigenvalue weighted by molar-refractivity contribution is -0.157. The first-order valence-electron chi connectivity index (χ1n) is 7.57. The molecule has 24 heavy (non-hydrogen) atoms. The molecule has 1 heterocycles. The van der Waals surface area contributed by atoms with E-state index in [9.17, 15) is 4.79 Å². The predicted octanol–water partition coefficient (Wildman–Crippen LogP) is 4.71. The first-order chi connectivity index (χ1) is 11.6.